The minimum atomic E-state index is -4.40. The summed E-state index contributed by atoms with van der Waals surface area (Å²) in [7, 11) is -4.40. The molecular weight excluding hydrogens is 617 g/mol. The van der Waals surface area contributed by atoms with Crippen molar-refractivity contribution in [2.75, 3.05) is 26.4 Å². The number of ether oxygens (including phenoxy) is 1. The molecule has 0 fully saturated rings. The second-order valence-corrected chi connectivity index (χ2v) is 14.0. The summed E-state index contributed by atoms with van der Waals surface area (Å²) in [6, 6.07) is 0. The predicted octanol–water partition coefficient (Wildman–Crippen LogP) is 9.65. The number of phosphoric acid groups is 1. The van der Waals surface area contributed by atoms with Gasteiger partial charge in [-0.05, 0) is 44.9 Å². The average molecular weight is 688 g/mol. The summed E-state index contributed by atoms with van der Waals surface area (Å²) in [5.74, 6) is -0.526. The molecule has 0 aliphatic carbocycles. The number of hydrogen-bond donors (Lipinski definition) is 3. The molecule has 0 aliphatic rings. The highest BCUT2D eigenvalue weighted by atomic mass is 31.2. The number of carbonyl (C=O) groups excluding carboxylic acids is 2. The summed E-state index contributed by atoms with van der Waals surface area (Å²) in [6.07, 6.45) is 33.9. The summed E-state index contributed by atoms with van der Waals surface area (Å²) < 4.78 is 26.7. The van der Waals surface area contributed by atoms with Gasteiger partial charge in [-0.3, -0.25) is 18.6 Å². The van der Waals surface area contributed by atoms with Crippen molar-refractivity contribution in [2.24, 2.45) is 0 Å². The number of aliphatic hydroxyl groups is 1. The van der Waals surface area contributed by atoms with Crippen molar-refractivity contribution in [3.8, 4) is 0 Å². The zero-order valence-electron chi connectivity index (χ0n) is 30.0. The average Bonchev–Trinajstić information content (AvgIpc) is 3.05. The summed E-state index contributed by atoms with van der Waals surface area (Å²) in [4.78, 5) is 33.7. The lowest BCUT2D eigenvalue weighted by Crippen LogP contribution is -2.27. The minimum absolute atomic E-state index is 0.0828. The molecule has 9 nitrogen and oxygen atoms in total. The minimum Gasteiger partial charge on any atom is -0.463 e. The number of carbonyl (C=O) groups is 2. The molecule has 0 aromatic rings. The fraction of sp³-hybridized carbons (Fsp3) is 0.838. The van der Waals surface area contributed by atoms with E-state index in [4.69, 9.17) is 13.8 Å². The lowest BCUT2D eigenvalue weighted by atomic mass is 10.1. The van der Waals surface area contributed by atoms with E-state index >= 15 is 0 Å². The third-order valence-electron chi connectivity index (χ3n) is 7.88. The van der Waals surface area contributed by atoms with Gasteiger partial charge in [0.15, 0.2) is 0 Å². The number of phosphoric ester groups is 1. The van der Waals surface area contributed by atoms with Crippen LogP contribution < -0.4 is 5.32 Å². The molecule has 47 heavy (non-hydrogen) atoms. The van der Waals surface area contributed by atoms with E-state index in [0.717, 1.165) is 57.8 Å². The largest absolute Gasteiger partial charge is 0.472 e. The van der Waals surface area contributed by atoms with Crippen LogP contribution in [-0.4, -0.2) is 54.3 Å². The normalized spacial score (nSPS) is 13.7. The topological polar surface area (TPSA) is 131 Å². The van der Waals surface area contributed by atoms with E-state index in [1.54, 1.807) is 0 Å². The van der Waals surface area contributed by atoms with E-state index in [-0.39, 0.29) is 32.1 Å². The first-order valence-electron chi connectivity index (χ1n) is 18.8. The Kier molecular flexibility index (Phi) is 33.3. The van der Waals surface area contributed by atoms with Crippen molar-refractivity contribution < 1.29 is 37.9 Å². The van der Waals surface area contributed by atoms with Gasteiger partial charge in [-0.1, -0.05) is 134 Å². The maximum atomic E-state index is 12.0. The number of amides is 1. The van der Waals surface area contributed by atoms with Crippen molar-refractivity contribution in [3.63, 3.8) is 0 Å². The van der Waals surface area contributed by atoms with Gasteiger partial charge >= 0.3 is 13.8 Å². The van der Waals surface area contributed by atoms with Crippen LogP contribution in [0, 0.1) is 0 Å². The number of nitrogens with one attached hydrogen (secondary N) is 1. The SMILES string of the molecule is CCCCC/C=C\C/C=C\CCCCCCCCCC(=O)OCC(O)COP(=O)(O)OCCNC(=O)CCCCCCCCCCC. The zero-order chi connectivity index (χ0) is 34.7. The molecule has 0 bridgehead atoms. The molecule has 2 atom stereocenters. The van der Waals surface area contributed by atoms with Gasteiger partial charge in [0.25, 0.3) is 0 Å². The number of hydrogen-bond acceptors (Lipinski definition) is 7. The molecule has 2 unspecified atom stereocenters. The van der Waals surface area contributed by atoms with Gasteiger partial charge in [0, 0.05) is 19.4 Å². The number of esters is 1. The summed E-state index contributed by atoms with van der Waals surface area (Å²) in [6.45, 7) is 3.49. The fourth-order valence-electron chi connectivity index (χ4n) is 5.00. The Bertz CT molecular complexity index is 835. The molecule has 0 saturated heterocycles. The Morgan fingerprint density at radius 2 is 1.15 bits per heavy atom. The second kappa shape index (κ2) is 34.4. The van der Waals surface area contributed by atoms with E-state index < -0.39 is 26.5 Å². The molecule has 276 valence electrons. The van der Waals surface area contributed by atoms with Crippen LogP contribution in [0.5, 0.6) is 0 Å². The van der Waals surface area contributed by atoms with Gasteiger partial charge in [-0.2, -0.15) is 0 Å². The number of rotatable bonds is 35. The second-order valence-electron chi connectivity index (χ2n) is 12.6. The lowest BCUT2D eigenvalue weighted by Gasteiger charge is -2.15. The molecule has 0 saturated carbocycles. The molecule has 10 heteroatoms. The first-order valence-corrected chi connectivity index (χ1v) is 20.3. The fourth-order valence-corrected chi connectivity index (χ4v) is 5.75. The highest BCUT2D eigenvalue weighted by molar-refractivity contribution is 7.47. The standard InChI is InChI=1S/C37H70NO8P/c1-3-5-7-9-11-13-14-15-16-17-18-19-20-22-24-26-28-30-37(41)44-33-35(39)34-46-47(42,43)45-32-31-38-36(40)29-27-25-23-21-12-10-8-6-4-2/h11,13,15-16,35,39H,3-10,12,14,17-34H2,1-2H3,(H,38,40)(H,42,43)/b13-11-,16-15-. The Morgan fingerprint density at radius 1 is 0.660 bits per heavy atom. The van der Waals surface area contributed by atoms with Crippen LogP contribution in [-0.2, 0) is 27.9 Å². The van der Waals surface area contributed by atoms with Crippen LogP contribution in [0.1, 0.15) is 168 Å². The van der Waals surface area contributed by atoms with Gasteiger partial charge in [0.2, 0.25) is 5.91 Å². The zero-order valence-corrected chi connectivity index (χ0v) is 30.9. The third-order valence-corrected chi connectivity index (χ3v) is 8.87. The summed E-state index contributed by atoms with van der Waals surface area (Å²) in [5.41, 5.74) is 0. The monoisotopic (exact) mass is 687 g/mol. The van der Waals surface area contributed by atoms with Crippen molar-refractivity contribution in [1.82, 2.24) is 5.32 Å². The molecule has 0 rings (SSSR count). The van der Waals surface area contributed by atoms with Gasteiger partial charge in [0.05, 0.1) is 13.2 Å². The van der Waals surface area contributed by atoms with Crippen LogP contribution >= 0.6 is 7.82 Å². The van der Waals surface area contributed by atoms with Gasteiger partial charge in [0.1, 0.15) is 12.7 Å². The molecule has 0 spiro atoms. The molecule has 0 radical (unpaired) electrons. The van der Waals surface area contributed by atoms with E-state index in [9.17, 15) is 24.2 Å². The summed E-state index contributed by atoms with van der Waals surface area (Å²) in [5, 5.41) is 12.6. The lowest BCUT2D eigenvalue weighted by molar-refractivity contribution is -0.147. The van der Waals surface area contributed by atoms with Crippen LogP contribution in [0.15, 0.2) is 24.3 Å². The smallest absolute Gasteiger partial charge is 0.463 e. The predicted molar refractivity (Wildman–Crippen MR) is 192 cm³/mol. The van der Waals surface area contributed by atoms with Crippen molar-refractivity contribution >= 4 is 19.7 Å². The van der Waals surface area contributed by atoms with Gasteiger partial charge in [-0.25, -0.2) is 4.57 Å². The van der Waals surface area contributed by atoms with Gasteiger partial charge in [-0.15, -0.1) is 0 Å². The Labute approximate surface area is 287 Å². The van der Waals surface area contributed by atoms with Crippen molar-refractivity contribution in [3.05, 3.63) is 24.3 Å². The Morgan fingerprint density at radius 3 is 1.74 bits per heavy atom. The highest BCUT2D eigenvalue weighted by Gasteiger charge is 2.23. The number of unbranched alkanes of at least 4 members (excludes halogenated alkanes) is 18. The van der Waals surface area contributed by atoms with E-state index in [0.29, 0.717) is 6.42 Å². The first-order chi connectivity index (χ1) is 22.8. The highest BCUT2D eigenvalue weighted by Crippen LogP contribution is 2.42. The van der Waals surface area contributed by atoms with Crippen LogP contribution in [0.4, 0.5) is 0 Å². The number of allylic oxidation sites excluding steroid dienone is 4. The van der Waals surface area contributed by atoms with E-state index in [2.05, 4.69) is 43.5 Å². The molecular formula is C37H70NO8P. The Balaban J connectivity index is 3.63. The van der Waals surface area contributed by atoms with Crippen molar-refractivity contribution in [2.45, 2.75) is 174 Å². The maximum absolute atomic E-state index is 12.0. The molecule has 0 aromatic carbocycles. The molecule has 0 aliphatic heterocycles. The van der Waals surface area contributed by atoms with E-state index in [1.807, 2.05) is 0 Å². The number of aliphatic hydroxyl groups excluding tert-OH is 1. The third kappa shape index (κ3) is 35.6. The van der Waals surface area contributed by atoms with Gasteiger partial charge < -0.3 is 20.1 Å². The van der Waals surface area contributed by atoms with Crippen LogP contribution in [0.25, 0.3) is 0 Å². The van der Waals surface area contributed by atoms with Crippen LogP contribution in [0.2, 0.25) is 0 Å². The van der Waals surface area contributed by atoms with E-state index in [1.165, 1.54) is 83.5 Å². The first kappa shape index (κ1) is 45.5. The molecule has 3 N–H and O–H groups in total. The quantitative estimate of drug-likeness (QED) is 0.0260. The molecule has 0 heterocycles. The van der Waals surface area contributed by atoms with Crippen molar-refractivity contribution in [1.29, 1.82) is 0 Å². The Hall–Kier alpha value is -1.51. The summed E-state index contributed by atoms with van der Waals surface area (Å²) >= 11 is 0. The van der Waals surface area contributed by atoms with Crippen LogP contribution in [0.3, 0.4) is 0 Å². The maximum Gasteiger partial charge on any atom is 0.472 e. The molecule has 1 amide bonds. The molecule has 0 aromatic heterocycles.